The van der Waals surface area contributed by atoms with Crippen LogP contribution in [0.4, 0.5) is 26.3 Å². The first-order chi connectivity index (χ1) is 9.34. The Bertz CT molecular complexity index is 504. The monoisotopic (exact) mass is 312 g/mol. The van der Waals surface area contributed by atoms with Gasteiger partial charge in [0.15, 0.2) is 5.78 Å². The lowest BCUT2D eigenvalue weighted by Gasteiger charge is -2.22. The predicted molar refractivity (Wildman–Crippen MR) is 65.0 cm³/mol. The summed E-state index contributed by atoms with van der Waals surface area (Å²) in [5.41, 5.74) is 2.04. The maximum Gasteiger partial charge on any atom is 0.407 e. The Labute approximate surface area is 118 Å². The molecule has 1 aromatic carbocycles. The summed E-state index contributed by atoms with van der Waals surface area (Å²) >= 11 is 0. The van der Waals surface area contributed by atoms with E-state index in [0.29, 0.717) is 11.1 Å². The highest BCUT2D eigenvalue weighted by atomic mass is 19.4. The molecular weight excluding hydrogens is 298 g/mol. The highest BCUT2D eigenvalue weighted by Gasteiger charge is 2.60. The van der Waals surface area contributed by atoms with Crippen molar-refractivity contribution in [3.05, 3.63) is 34.4 Å². The zero-order chi connectivity index (χ0) is 16.6. The fraction of sp³-hybridized carbons (Fsp3) is 0.500. The van der Waals surface area contributed by atoms with E-state index in [2.05, 4.69) is 0 Å². The molecule has 0 saturated carbocycles. The van der Waals surface area contributed by atoms with Gasteiger partial charge in [0, 0.05) is 6.42 Å². The molecule has 0 aliphatic rings. The van der Waals surface area contributed by atoms with Crippen molar-refractivity contribution in [3.8, 4) is 0 Å². The van der Waals surface area contributed by atoms with Gasteiger partial charge in [-0.1, -0.05) is 17.7 Å². The van der Waals surface area contributed by atoms with Crippen LogP contribution in [0.2, 0.25) is 0 Å². The molecule has 0 aliphatic carbocycles. The first-order valence-electron chi connectivity index (χ1n) is 6.07. The third-order valence-electron chi connectivity index (χ3n) is 3.17. The molecule has 0 amide bonds. The van der Waals surface area contributed by atoms with Crippen LogP contribution in [0.25, 0.3) is 0 Å². The third-order valence-corrected chi connectivity index (χ3v) is 3.17. The largest absolute Gasteiger partial charge is 0.407 e. The van der Waals surface area contributed by atoms with Gasteiger partial charge in [-0.3, -0.25) is 4.79 Å². The molecule has 0 N–H and O–H groups in total. The minimum Gasteiger partial charge on any atom is -0.298 e. The van der Waals surface area contributed by atoms with Crippen LogP contribution in [-0.2, 0) is 11.2 Å². The number of Topliss-reactive ketones (excluding diaryl/α,β-unsaturated/α-hetero) is 1. The van der Waals surface area contributed by atoms with Gasteiger partial charge in [0.1, 0.15) is 0 Å². The van der Waals surface area contributed by atoms with Crippen molar-refractivity contribution in [1.82, 2.24) is 0 Å². The van der Waals surface area contributed by atoms with Crippen molar-refractivity contribution < 1.29 is 31.1 Å². The molecule has 21 heavy (non-hydrogen) atoms. The second-order valence-corrected chi connectivity index (χ2v) is 5.04. The van der Waals surface area contributed by atoms with Gasteiger partial charge in [0.05, 0.1) is 0 Å². The van der Waals surface area contributed by atoms with Gasteiger partial charge in [-0.15, -0.1) is 0 Å². The van der Waals surface area contributed by atoms with Crippen LogP contribution in [0.5, 0.6) is 0 Å². The summed E-state index contributed by atoms with van der Waals surface area (Å²) in [5, 5.41) is 0. The van der Waals surface area contributed by atoms with Gasteiger partial charge in [-0.25, -0.2) is 0 Å². The zero-order valence-electron chi connectivity index (χ0n) is 11.6. The second-order valence-electron chi connectivity index (χ2n) is 5.04. The normalized spacial score (nSPS) is 12.9. The fourth-order valence-corrected chi connectivity index (χ4v) is 2.32. The summed E-state index contributed by atoms with van der Waals surface area (Å²) in [6, 6.07) is 3.23. The average molecular weight is 312 g/mol. The molecule has 1 nitrogen and oxygen atoms in total. The van der Waals surface area contributed by atoms with Crippen molar-refractivity contribution in [2.45, 2.75) is 39.5 Å². The summed E-state index contributed by atoms with van der Waals surface area (Å²) in [6.45, 7) is 4.86. The van der Waals surface area contributed by atoms with E-state index in [1.807, 2.05) is 0 Å². The Hall–Kier alpha value is -1.53. The summed E-state index contributed by atoms with van der Waals surface area (Å²) in [6.07, 6.45) is -12.2. The number of benzene rings is 1. The average Bonchev–Trinajstić information content (AvgIpc) is 2.18. The zero-order valence-corrected chi connectivity index (χ0v) is 11.6. The summed E-state index contributed by atoms with van der Waals surface area (Å²) in [5.74, 6) is -5.82. The van der Waals surface area contributed by atoms with Gasteiger partial charge < -0.3 is 0 Å². The maximum absolute atomic E-state index is 12.5. The first-order valence-corrected chi connectivity index (χ1v) is 6.07. The molecule has 0 saturated heterocycles. The van der Waals surface area contributed by atoms with Crippen LogP contribution in [0, 0.1) is 26.7 Å². The Balaban J connectivity index is 3.15. The highest BCUT2D eigenvalue weighted by molar-refractivity contribution is 5.85. The molecular formula is C14H14F6O. The van der Waals surface area contributed by atoms with Crippen molar-refractivity contribution in [3.63, 3.8) is 0 Å². The maximum atomic E-state index is 12.5. The van der Waals surface area contributed by atoms with E-state index >= 15 is 0 Å². The summed E-state index contributed by atoms with van der Waals surface area (Å²) < 4.78 is 75.0. The molecule has 0 spiro atoms. The summed E-state index contributed by atoms with van der Waals surface area (Å²) in [7, 11) is 0. The van der Waals surface area contributed by atoms with Crippen LogP contribution in [-0.4, -0.2) is 18.1 Å². The molecule has 0 fully saturated rings. The van der Waals surface area contributed by atoms with E-state index in [1.54, 1.807) is 32.9 Å². The Kier molecular flexibility index (Phi) is 4.75. The standard InChI is InChI=1S/C14H14F6O/c1-7-4-8(2)10(9(3)5-7)6-11(21)12(13(15,16)17)14(18,19)20/h4-5,12H,6H2,1-3H3. The third kappa shape index (κ3) is 4.22. The molecule has 7 heteroatoms. The van der Waals surface area contributed by atoms with Crippen LogP contribution in [0.15, 0.2) is 12.1 Å². The number of halogens is 6. The van der Waals surface area contributed by atoms with Gasteiger partial charge >= 0.3 is 12.4 Å². The molecule has 0 bridgehead atoms. The van der Waals surface area contributed by atoms with Crippen molar-refractivity contribution in [2.75, 3.05) is 0 Å². The lowest BCUT2D eigenvalue weighted by molar-refractivity contribution is -0.273. The molecule has 1 rings (SSSR count). The topological polar surface area (TPSA) is 17.1 Å². The molecule has 0 aliphatic heterocycles. The van der Waals surface area contributed by atoms with Gasteiger partial charge in [0.25, 0.3) is 0 Å². The number of carbonyl (C=O) groups excluding carboxylic acids is 1. The van der Waals surface area contributed by atoms with Crippen LogP contribution >= 0.6 is 0 Å². The minimum atomic E-state index is -5.64. The van der Waals surface area contributed by atoms with Crippen LogP contribution < -0.4 is 0 Å². The van der Waals surface area contributed by atoms with Crippen LogP contribution in [0.1, 0.15) is 22.3 Å². The first kappa shape index (κ1) is 17.5. The predicted octanol–water partition coefficient (Wildman–Crippen LogP) is 4.46. The lowest BCUT2D eigenvalue weighted by Crippen LogP contribution is -2.43. The van der Waals surface area contributed by atoms with Gasteiger partial charge in [-0.05, 0) is 37.5 Å². The Morgan fingerprint density at radius 1 is 0.952 bits per heavy atom. The molecule has 118 valence electrons. The smallest absolute Gasteiger partial charge is 0.298 e. The lowest BCUT2D eigenvalue weighted by atomic mass is 9.91. The highest BCUT2D eigenvalue weighted by Crippen LogP contribution is 2.40. The molecule has 0 heterocycles. The summed E-state index contributed by atoms with van der Waals surface area (Å²) in [4.78, 5) is 11.6. The van der Waals surface area contributed by atoms with E-state index < -0.39 is 30.5 Å². The molecule has 1 aromatic rings. The number of alkyl halides is 6. The van der Waals surface area contributed by atoms with E-state index in [0.717, 1.165) is 5.56 Å². The number of rotatable bonds is 3. The number of carbonyl (C=O) groups is 1. The number of aryl methyl sites for hydroxylation is 3. The van der Waals surface area contributed by atoms with Gasteiger partial charge in [0.2, 0.25) is 5.92 Å². The Morgan fingerprint density at radius 2 is 1.33 bits per heavy atom. The molecule has 0 atom stereocenters. The van der Waals surface area contributed by atoms with E-state index in [-0.39, 0.29) is 5.56 Å². The number of hydrogen-bond donors (Lipinski definition) is 0. The Morgan fingerprint density at radius 3 is 1.67 bits per heavy atom. The van der Waals surface area contributed by atoms with Crippen LogP contribution in [0.3, 0.4) is 0 Å². The second kappa shape index (κ2) is 5.69. The molecule has 0 unspecified atom stereocenters. The minimum absolute atomic E-state index is 0.212. The van der Waals surface area contributed by atoms with E-state index in [1.165, 1.54) is 0 Å². The van der Waals surface area contributed by atoms with Crippen molar-refractivity contribution in [1.29, 1.82) is 0 Å². The molecule has 0 aromatic heterocycles. The van der Waals surface area contributed by atoms with E-state index in [4.69, 9.17) is 0 Å². The number of hydrogen-bond acceptors (Lipinski definition) is 1. The van der Waals surface area contributed by atoms with Crippen molar-refractivity contribution in [2.24, 2.45) is 5.92 Å². The SMILES string of the molecule is Cc1cc(C)c(CC(=O)C(C(F)(F)F)C(F)(F)F)c(C)c1. The fourth-order valence-electron chi connectivity index (χ4n) is 2.32. The van der Waals surface area contributed by atoms with Crippen molar-refractivity contribution >= 4 is 5.78 Å². The number of ketones is 1. The molecule has 0 radical (unpaired) electrons. The van der Waals surface area contributed by atoms with Gasteiger partial charge in [-0.2, -0.15) is 26.3 Å². The van der Waals surface area contributed by atoms with E-state index in [9.17, 15) is 31.1 Å². The quantitative estimate of drug-likeness (QED) is 0.753.